The molecule has 2 heteroatoms. The highest BCUT2D eigenvalue weighted by atomic mass is 32.1. The fourth-order valence-corrected chi connectivity index (χ4v) is 6.08. The molecule has 0 unspecified atom stereocenters. The largest absolute Gasteiger partial charge is 0.236 e. The summed E-state index contributed by atoms with van der Waals surface area (Å²) >= 11 is 1.75. The smallest absolute Gasteiger partial charge is 0.125 e. The van der Waals surface area contributed by atoms with Gasteiger partial charge in [-0.05, 0) is 62.4 Å². The molecule has 0 aliphatic rings. The van der Waals surface area contributed by atoms with Crippen LogP contribution >= 0.6 is 11.3 Å². The minimum atomic E-state index is 1.06. The van der Waals surface area contributed by atoms with Crippen molar-refractivity contribution in [3.8, 4) is 44.0 Å². The van der Waals surface area contributed by atoms with Crippen molar-refractivity contribution in [3.63, 3.8) is 0 Å². The second kappa shape index (κ2) is 9.16. The van der Waals surface area contributed by atoms with Crippen molar-refractivity contribution in [2.75, 3.05) is 0 Å². The highest BCUT2D eigenvalue weighted by molar-refractivity contribution is 7.21. The van der Waals surface area contributed by atoms with E-state index < -0.39 is 0 Å². The van der Waals surface area contributed by atoms with Crippen molar-refractivity contribution in [2.24, 2.45) is 0 Å². The third-order valence-electron chi connectivity index (χ3n) is 6.95. The van der Waals surface area contributed by atoms with E-state index in [0.717, 1.165) is 10.5 Å². The zero-order chi connectivity index (χ0) is 24.6. The van der Waals surface area contributed by atoms with Crippen molar-refractivity contribution in [1.82, 2.24) is 4.98 Å². The van der Waals surface area contributed by atoms with Crippen LogP contribution in [0.3, 0.4) is 0 Å². The normalized spacial score (nSPS) is 11.2. The average Bonchev–Trinajstić information content (AvgIpc) is 3.41. The lowest BCUT2D eigenvalue weighted by Gasteiger charge is -2.12. The van der Waals surface area contributed by atoms with Crippen LogP contribution in [0.15, 0.2) is 140 Å². The Kier molecular flexibility index (Phi) is 5.38. The molecule has 6 aromatic carbocycles. The minimum absolute atomic E-state index is 1.06. The van der Waals surface area contributed by atoms with Crippen molar-refractivity contribution in [3.05, 3.63) is 140 Å². The van der Waals surface area contributed by atoms with Gasteiger partial charge in [-0.2, -0.15) is 0 Å². The number of nitrogens with zero attached hydrogens (tertiary/aromatic N) is 1. The maximum absolute atomic E-state index is 4.94. The van der Waals surface area contributed by atoms with E-state index in [9.17, 15) is 0 Å². The molecule has 7 aromatic rings. The van der Waals surface area contributed by atoms with Gasteiger partial charge in [0.05, 0.1) is 10.2 Å². The van der Waals surface area contributed by atoms with E-state index in [1.807, 2.05) is 0 Å². The fraction of sp³-hybridized carbons (Fsp3) is 0. The predicted octanol–water partition coefficient (Wildman–Crippen LogP) is 10.1. The summed E-state index contributed by atoms with van der Waals surface area (Å²) < 4.78 is 1.22. The number of rotatable bonds is 4. The number of aromatic nitrogens is 1. The maximum Gasteiger partial charge on any atom is 0.125 e. The molecule has 1 nitrogen and oxygen atoms in total. The van der Waals surface area contributed by atoms with Crippen LogP contribution in [0, 0.1) is 0 Å². The van der Waals surface area contributed by atoms with Crippen molar-refractivity contribution in [1.29, 1.82) is 0 Å². The summed E-state index contributed by atoms with van der Waals surface area (Å²) in [5, 5.41) is 3.55. The molecule has 0 N–H and O–H groups in total. The molecule has 7 rings (SSSR count). The minimum Gasteiger partial charge on any atom is -0.236 e. The molecule has 1 aromatic heterocycles. The predicted molar refractivity (Wildman–Crippen MR) is 159 cm³/mol. The van der Waals surface area contributed by atoms with Crippen LogP contribution in [0.5, 0.6) is 0 Å². The lowest BCUT2D eigenvalue weighted by atomic mass is 9.93. The van der Waals surface area contributed by atoms with E-state index in [1.54, 1.807) is 11.3 Å². The number of para-hydroxylation sites is 1. The summed E-state index contributed by atoms with van der Waals surface area (Å²) in [5.41, 5.74) is 9.61. The average molecular weight is 490 g/mol. The van der Waals surface area contributed by atoms with Gasteiger partial charge in [0.25, 0.3) is 0 Å². The Balaban J connectivity index is 1.29. The highest BCUT2D eigenvalue weighted by Gasteiger charge is 2.13. The molecular weight excluding hydrogens is 466 g/mol. The lowest BCUT2D eigenvalue weighted by molar-refractivity contribution is 1.49. The molecule has 0 radical (unpaired) electrons. The number of hydrogen-bond donors (Lipinski definition) is 0. The zero-order valence-electron chi connectivity index (χ0n) is 20.1. The first-order valence-electron chi connectivity index (χ1n) is 12.5. The Morgan fingerprint density at radius 2 is 0.973 bits per heavy atom. The van der Waals surface area contributed by atoms with E-state index in [0.29, 0.717) is 0 Å². The Morgan fingerprint density at radius 3 is 1.76 bits per heavy atom. The van der Waals surface area contributed by atoms with E-state index in [-0.39, 0.29) is 0 Å². The Labute approximate surface area is 220 Å². The van der Waals surface area contributed by atoms with Gasteiger partial charge in [0, 0.05) is 5.56 Å². The number of benzene rings is 6. The van der Waals surface area contributed by atoms with Crippen molar-refractivity contribution in [2.45, 2.75) is 0 Å². The van der Waals surface area contributed by atoms with Gasteiger partial charge in [0.2, 0.25) is 0 Å². The number of fused-ring (bicyclic) bond motifs is 2. The van der Waals surface area contributed by atoms with Gasteiger partial charge in [-0.15, -0.1) is 11.3 Å². The van der Waals surface area contributed by atoms with Crippen molar-refractivity contribution < 1.29 is 0 Å². The van der Waals surface area contributed by atoms with E-state index in [2.05, 4.69) is 140 Å². The first-order valence-corrected chi connectivity index (χ1v) is 13.3. The summed E-state index contributed by atoms with van der Waals surface area (Å²) in [5.74, 6) is 0. The molecule has 0 bridgehead atoms. The van der Waals surface area contributed by atoms with Gasteiger partial charge in [0.15, 0.2) is 0 Å². The molecule has 0 spiro atoms. The molecule has 174 valence electrons. The van der Waals surface area contributed by atoms with Gasteiger partial charge < -0.3 is 0 Å². The molecule has 0 amide bonds. The molecule has 0 saturated carbocycles. The van der Waals surface area contributed by atoms with Gasteiger partial charge in [-0.1, -0.05) is 121 Å². The summed E-state index contributed by atoms with van der Waals surface area (Å²) in [6.07, 6.45) is 0. The standard InChI is InChI=1S/C35H23NS/c1-2-9-24(10-3-1)25-17-19-26(20-18-25)27-11-8-12-28(23-27)29-21-22-32(31-14-5-4-13-30(29)31)35-36-33-15-6-7-16-34(33)37-35/h1-23H. The van der Waals surface area contributed by atoms with Crippen LogP contribution in [0.25, 0.3) is 64.9 Å². The van der Waals surface area contributed by atoms with Crippen molar-refractivity contribution >= 4 is 32.3 Å². The molecule has 37 heavy (non-hydrogen) atoms. The van der Waals surface area contributed by atoms with Gasteiger partial charge in [-0.25, -0.2) is 4.98 Å². The molecule has 0 atom stereocenters. The summed E-state index contributed by atoms with van der Waals surface area (Å²) in [4.78, 5) is 4.94. The highest BCUT2D eigenvalue weighted by Crippen LogP contribution is 2.39. The second-order valence-electron chi connectivity index (χ2n) is 9.22. The number of thiazole rings is 1. The van der Waals surface area contributed by atoms with E-state index in [1.165, 1.54) is 54.4 Å². The molecular formula is C35H23NS. The molecule has 0 saturated heterocycles. The molecule has 0 fully saturated rings. The van der Waals surface area contributed by atoms with Crippen LogP contribution in [0.1, 0.15) is 0 Å². The Hall–Kier alpha value is -4.53. The van der Waals surface area contributed by atoms with Gasteiger partial charge in [0.1, 0.15) is 5.01 Å². The van der Waals surface area contributed by atoms with Crippen LogP contribution in [0.4, 0.5) is 0 Å². The third-order valence-corrected chi connectivity index (χ3v) is 8.02. The topological polar surface area (TPSA) is 12.9 Å². The third kappa shape index (κ3) is 4.02. The van der Waals surface area contributed by atoms with Crippen LogP contribution in [0.2, 0.25) is 0 Å². The summed E-state index contributed by atoms with van der Waals surface area (Å²) in [6, 6.07) is 49.8. The zero-order valence-corrected chi connectivity index (χ0v) is 21.0. The van der Waals surface area contributed by atoms with E-state index in [4.69, 9.17) is 4.98 Å². The summed E-state index contributed by atoms with van der Waals surface area (Å²) in [6.45, 7) is 0. The first kappa shape index (κ1) is 21.7. The Bertz CT molecular complexity index is 1830. The fourth-order valence-electron chi connectivity index (χ4n) is 5.08. The molecule has 0 aliphatic carbocycles. The quantitative estimate of drug-likeness (QED) is 0.240. The second-order valence-corrected chi connectivity index (χ2v) is 10.2. The first-order chi connectivity index (χ1) is 18.3. The van der Waals surface area contributed by atoms with Crippen LogP contribution < -0.4 is 0 Å². The number of hydrogen-bond acceptors (Lipinski definition) is 2. The SMILES string of the molecule is c1ccc(-c2ccc(-c3cccc(-c4ccc(-c5nc6ccccc6s5)c5ccccc45)c3)cc2)cc1. The summed E-state index contributed by atoms with van der Waals surface area (Å²) in [7, 11) is 0. The van der Waals surface area contributed by atoms with Gasteiger partial charge >= 0.3 is 0 Å². The van der Waals surface area contributed by atoms with Gasteiger partial charge in [-0.3, -0.25) is 0 Å². The van der Waals surface area contributed by atoms with Crippen LogP contribution in [-0.2, 0) is 0 Å². The van der Waals surface area contributed by atoms with E-state index >= 15 is 0 Å². The lowest BCUT2D eigenvalue weighted by Crippen LogP contribution is -1.87. The molecule has 1 heterocycles. The monoisotopic (exact) mass is 489 g/mol. The maximum atomic E-state index is 4.94. The molecule has 0 aliphatic heterocycles. The Morgan fingerprint density at radius 1 is 0.405 bits per heavy atom. The van der Waals surface area contributed by atoms with Crippen LogP contribution in [-0.4, -0.2) is 4.98 Å².